The van der Waals surface area contributed by atoms with Crippen LogP contribution in [0.1, 0.15) is 41.0 Å². The zero-order valence-electron chi connectivity index (χ0n) is 11.8. The quantitative estimate of drug-likeness (QED) is 0.608. The maximum Gasteiger partial charge on any atom is 0.0160 e. The highest BCUT2D eigenvalue weighted by atomic mass is 15.1. The van der Waals surface area contributed by atoms with Gasteiger partial charge >= 0.3 is 0 Å². The summed E-state index contributed by atoms with van der Waals surface area (Å²) in [7, 11) is 0. The normalized spacial score (nSPS) is 12.4. The fraction of sp³-hybridized carbons (Fsp3) is 0.857. The van der Waals surface area contributed by atoms with E-state index in [9.17, 15) is 0 Å². The zero-order valence-corrected chi connectivity index (χ0v) is 11.8. The van der Waals surface area contributed by atoms with Crippen molar-refractivity contribution in [2.45, 2.75) is 47.1 Å². The third-order valence-corrected chi connectivity index (χ3v) is 2.57. The van der Waals surface area contributed by atoms with Gasteiger partial charge in [0.25, 0.3) is 0 Å². The predicted octanol–water partition coefficient (Wildman–Crippen LogP) is 2.91. The van der Waals surface area contributed by atoms with Gasteiger partial charge in [-0.05, 0) is 18.4 Å². The van der Waals surface area contributed by atoms with Crippen LogP contribution in [-0.4, -0.2) is 37.1 Å². The second kappa shape index (κ2) is 7.86. The van der Waals surface area contributed by atoms with Crippen molar-refractivity contribution < 1.29 is 0 Å². The van der Waals surface area contributed by atoms with Gasteiger partial charge in [0.15, 0.2) is 0 Å². The smallest absolute Gasteiger partial charge is 0.0160 e. The summed E-state index contributed by atoms with van der Waals surface area (Å²) in [4.78, 5) is 2.48. The van der Waals surface area contributed by atoms with Crippen LogP contribution in [0, 0.1) is 5.41 Å². The van der Waals surface area contributed by atoms with E-state index in [-0.39, 0.29) is 0 Å². The first kappa shape index (κ1) is 15.7. The summed E-state index contributed by atoms with van der Waals surface area (Å²) in [6.07, 6.45) is 3.21. The van der Waals surface area contributed by atoms with Gasteiger partial charge in [-0.1, -0.05) is 40.7 Å². The molecule has 1 N–H and O–H groups in total. The lowest BCUT2D eigenvalue weighted by Gasteiger charge is -2.33. The van der Waals surface area contributed by atoms with Crippen LogP contribution in [0.4, 0.5) is 0 Å². The molecular weight excluding hydrogens is 196 g/mol. The third kappa shape index (κ3) is 7.89. The molecule has 0 radical (unpaired) electrons. The maximum atomic E-state index is 3.83. The van der Waals surface area contributed by atoms with Gasteiger partial charge in [0, 0.05) is 25.7 Å². The Morgan fingerprint density at radius 1 is 1.38 bits per heavy atom. The topological polar surface area (TPSA) is 15.3 Å². The van der Waals surface area contributed by atoms with E-state index in [1.54, 1.807) is 0 Å². The van der Waals surface area contributed by atoms with Crippen molar-refractivity contribution in [3.63, 3.8) is 0 Å². The number of nitrogens with zero attached hydrogens (tertiary/aromatic N) is 1. The van der Waals surface area contributed by atoms with Crippen molar-refractivity contribution in [3.8, 4) is 0 Å². The highest BCUT2D eigenvalue weighted by Gasteiger charge is 2.20. The molecule has 0 amide bonds. The lowest BCUT2D eigenvalue weighted by Crippen LogP contribution is -2.42. The van der Waals surface area contributed by atoms with Gasteiger partial charge < -0.3 is 5.32 Å². The molecule has 0 atom stereocenters. The molecular formula is C14H30N2. The Morgan fingerprint density at radius 3 is 2.44 bits per heavy atom. The van der Waals surface area contributed by atoms with Crippen molar-refractivity contribution in [3.05, 3.63) is 12.7 Å². The molecule has 0 aliphatic rings. The van der Waals surface area contributed by atoms with Crippen LogP contribution in [0.5, 0.6) is 0 Å². The number of nitrogens with one attached hydrogen (secondary N) is 1. The zero-order chi connectivity index (χ0) is 12.6. The van der Waals surface area contributed by atoms with Crippen LogP contribution >= 0.6 is 0 Å². The molecule has 0 saturated carbocycles. The van der Waals surface area contributed by atoms with Gasteiger partial charge in [0.2, 0.25) is 0 Å². The third-order valence-electron chi connectivity index (χ3n) is 2.57. The Labute approximate surface area is 102 Å². The summed E-state index contributed by atoms with van der Waals surface area (Å²) in [6, 6.07) is 0.568. The van der Waals surface area contributed by atoms with E-state index in [4.69, 9.17) is 0 Å². The first-order chi connectivity index (χ1) is 7.41. The van der Waals surface area contributed by atoms with E-state index < -0.39 is 0 Å². The molecule has 0 aromatic rings. The molecule has 0 fully saturated rings. The molecule has 0 rings (SSSR count). The van der Waals surface area contributed by atoms with Crippen LogP contribution < -0.4 is 5.32 Å². The number of hydrogen-bond acceptors (Lipinski definition) is 2. The Morgan fingerprint density at radius 2 is 2.00 bits per heavy atom. The van der Waals surface area contributed by atoms with Crippen molar-refractivity contribution in [1.29, 1.82) is 0 Å². The first-order valence-corrected chi connectivity index (χ1v) is 6.48. The molecule has 0 aromatic carbocycles. The van der Waals surface area contributed by atoms with Crippen LogP contribution in [0.25, 0.3) is 0 Å². The Balaban J connectivity index is 4.11. The Kier molecular flexibility index (Phi) is 7.69. The molecule has 0 aliphatic heterocycles. The summed E-state index contributed by atoms with van der Waals surface area (Å²) < 4.78 is 0. The maximum absolute atomic E-state index is 3.83. The Bertz CT molecular complexity index is 185. The van der Waals surface area contributed by atoms with Gasteiger partial charge in [0.1, 0.15) is 0 Å². The Hall–Kier alpha value is -0.340. The summed E-state index contributed by atoms with van der Waals surface area (Å²) in [5.41, 5.74) is 0.322. The summed E-state index contributed by atoms with van der Waals surface area (Å²) in [5, 5.41) is 3.52. The van der Waals surface area contributed by atoms with E-state index in [1.807, 2.05) is 6.08 Å². The monoisotopic (exact) mass is 226 g/mol. The van der Waals surface area contributed by atoms with Crippen LogP contribution in [0.15, 0.2) is 12.7 Å². The highest BCUT2D eigenvalue weighted by molar-refractivity contribution is 4.81. The second-order valence-electron chi connectivity index (χ2n) is 5.72. The van der Waals surface area contributed by atoms with Crippen LogP contribution in [0.2, 0.25) is 0 Å². The lowest BCUT2D eigenvalue weighted by molar-refractivity contribution is 0.185. The van der Waals surface area contributed by atoms with Crippen LogP contribution in [-0.2, 0) is 0 Å². The second-order valence-corrected chi connectivity index (χ2v) is 5.72. The minimum atomic E-state index is 0.322. The van der Waals surface area contributed by atoms with Gasteiger partial charge in [-0.25, -0.2) is 0 Å². The highest BCUT2D eigenvalue weighted by Crippen LogP contribution is 2.16. The SMILES string of the molecule is C=CCN(CCC)CC(C)(C)CNC(C)C. The summed E-state index contributed by atoms with van der Waals surface area (Å²) in [5.74, 6) is 0. The average Bonchev–Trinajstić information content (AvgIpc) is 2.15. The van der Waals surface area contributed by atoms with Gasteiger partial charge in [-0.15, -0.1) is 6.58 Å². The molecule has 0 bridgehead atoms. The fourth-order valence-electron chi connectivity index (χ4n) is 1.88. The minimum Gasteiger partial charge on any atom is -0.314 e. The molecule has 0 unspecified atom stereocenters. The van der Waals surface area contributed by atoms with E-state index in [0.29, 0.717) is 11.5 Å². The molecule has 16 heavy (non-hydrogen) atoms. The summed E-state index contributed by atoms with van der Waals surface area (Å²) in [6.45, 7) is 19.5. The summed E-state index contributed by atoms with van der Waals surface area (Å²) >= 11 is 0. The minimum absolute atomic E-state index is 0.322. The largest absolute Gasteiger partial charge is 0.314 e. The van der Waals surface area contributed by atoms with Crippen molar-refractivity contribution in [2.75, 3.05) is 26.2 Å². The molecule has 0 aliphatic carbocycles. The fourth-order valence-corrected chi connectivity index (χ4v) is 1.88. The number of rotatable bonds is 9. The van der Waals surface area contributed by atoms with E-state index in [1.165, 1.54) is 6.42 Å². The molecule has 0 saturated heterocycles. The molecule has 0 spiro atoms. The van der Waals surface area contributed by atoms with Crippen molar-refractivity contribution >= 4 is 0 Å². The van der Waals surface area contributed by atoms with Gasteiger partial charge in [-0.3, -0.25) is 4.90 Å². The standard InChI is InChI=1S/C14H30N2/c1-7-9-16(10-8-2)12-14(5,6)11-15-13(3)4/h7,13,15H,1,8-12H2,2-6H3. The molecule has 0 heterocycles. The first-order valence-electron chi connectivity index (χ1n) is 6.48. The van der Waals surface area contributed by atoms with Gasteiger partial charge in [0.05, 0.1) is 0 Å². The van der Waals surface area contributed by atoms with E-state index >= 15 is 0 Å². The van der Waals surface area contributed by atoms with Gasteiger partial charge in [-0.2, -0.15) is 0 Å². The van der Waals surface area contributed by atoms with Crippen molar-refractivity contribution in [1.82, 2.24) is 10.2 Å². The molecule has 2 nitrogen and oxygen atoms in total. The lowest BCUT2D eigenvalue weighted by atomic mass is 9.92. The molecule has 2 heteroatoms. The predicted molar refractivity (Wildman–Crippen MR) is 73.8 cm³/mol. The van der Waals surface area contributed by atoms with Crippen LogP contribution in [0.3, 0.4) is 0 Å². The van der Waals surface area contributed by atoms with E-state index in [0.717, 1.165) is 26.2 Å². The molecule has 96 valence electrons. The van der Waals surface area contributed by atoms with Crippen molar-refractivity contribution in [2.24, 2.45) is 5.41 Å². The van der Waals surface area contributed by atoms with E-state index in [2.05, 4.69) is 51.4 Å². The average molecular weight is 226 g/mol. The number of hydrogen-bond donors (Lipinski definition) is 1. The molecule has 0 aromatic heterocycles.